The van der Waals surface area contributed by atoms with Crippen LogP contribution < -0.4 is 0 Å². The Morgan fingerprint density at radius 2 is 2.06 bits per heavy atom. The first kappa shape index (κ1) is 14.2. The summed E-state index contributed by atoms with van der Waals surface area (Å²) < 4.78 is 5.24. The molecule has 0 radical (unpaired) electrons. The minimum atomic E-state index is -0.973. The van der Waals surface area contributed by atoms with E-state index in [1.54, 1.807) is 20.8 Å². The molecule has 1 unspecified atom stereocenters. The first-order valence-corrected chi connectivity index (χ1v) is 6.67. The molecule has 6 heteroatoms. The molecule has 1 N–H and O–H groups in total. The fourth-order valence-corrected chi connectivity index (χ4v) is 2.96. The Kier molecular flexibility index (Phi) is 4.30. The normalized spacial score (nSPS) is 24.8. The highest BCUT2D eigenvalue weighted by Gasteiger charge is 2.42. The van der Waals surface area contributed by atoms with Gasteiger partial charge in [-0.2, -0.15) is 0 Å². The average molecular weight is 261 g/mol. The zero-order valence-electron chi connectivity index (χ0n) is 10.6. The fraction of sp³-hybridized carbons (Fsp3) is 0.818. The van der Waals surface area contributed by atoms with Gasteiger partial charge in [0.15, 0.2) is 0 Å². The molecule has 0 aromatic carbocycles. The molecule has 1 amide bonds. The number of hydrogen-bond acceptors (Lipinski definition) is 4. The molecule has 1 aliphatic rings. The molecule has 1 heterocycles. The number of hydrogen-bond donors (Lipinski definition) is 1. The van der Waals surface area contributed by atoms with Crippen molar-refractivity contribution in [1.29, 1.82) is 0 Å². The Morgan fingerprint density at radius 3 is 2.47 bits per heavy atom. The molecule has 17 heavy (non-hydrogen) atoms. The summed E-state index contributed by atoms with van der Waals surface area (Å²) in [6.07, 6.45) is 0.176. The largest absolute Gasteiger partial charge is 0.480 e. The summed E-state index contributed by atoms with van der Waals surface area (Å²) in [5.74, 6) is -0.549. The van der Waals surface area contributed by atoms with Crippen molar-refractivity contribution >= 4 is 23.8 Å². The van der Waals surface area contributed by atoms with Crippen molar-refractivity contribution in [2.75, 3.05) is 5.75 Å². The van der Waals surface area contributed by atoms with Gasteiger partial charge < -0.3 is 9.84 Å². The number of carboxylic acid groups (broad SMARTS) is 1. The average Bonchev–Trinajstić information content (AvgIpc) is 2.57. The molecule has 2 atom stereocenters. The Hall–Kier alpha value is -0.910. The molecule has 98 valence electrons. The maximum Gasteiger partial charge on any atom is 0.411 e. The SMILES string of the molecule is CCC1SC[C@H](C(=O)O)N1C(=O)OC(C)(C)C. The van der Waals surface area contributed by atoms with E-state index in [2.05, 4.69) is 0 Å². The van der Waals surface area contributed by atoms with Gasteiger partial charge in [-0.3, -0.25) is 4.90 Å². The molecule has 1 aliphatic heterocycles. The van der Waals surface area contributed by atoms with Crippen LogP contribution in [-0.4, -0.2) is 44.8 Å². The summed E-state index contributed by atoms with van der Waals surface area (Å²) in [5, 5.41) is 8.98. The standard InChI is InChI=1S/C11H19NO4S/c1-5-8-12(7(6-17-8)9(13)14)10(15)16-11(2,3)4/h7-8H,5-6H2,1-4H3,(H,13,14)/t7-,8?/m1/s1. The predicted octanol–water partition coefficient (Wildman–Crippen LogP) is 2.16. The number of nitrogens with zero attached hydrogens (tertiary/aromatic N) is 1. The monoisotopic (exact) mass is 261 g/mol. The van der Waals surface area contributed by atoms with Crippen LogP contribution >= 0.6 is 11.8 Å². The molecule has 0 saturated carbocycles. The zero-order chi connectivity index (χ0) is 13.2. The maximum absolute atomic E-state index is 12.0. The van der Waals surface area contributed by atoms with Crippen LogP contribution in [0.2, 0.25) is 0 Å². The van der Waals surface area contributed by atoms with E-state index in [4.69, 9.17) is 9.84 Å². The highest BCUT2D eigenvalue weighted by atomic mass is 32.2. The van der Waals surface area contributed by atoms with Crippen LogP contribution in [-0.2, 0) is 9.53 Å². The molecule has 0 aliphatic carbocycles. The van der Waals surface area contributed by atoms with Crippen molar-refractivity contribution in [1.82, 2.24) is 4.90 Å². The van der Waals surface area contributed by atoms with Crippen LogP contribution in [0.4, 0.5) is 4.79 Å². The molecule has 0 spiro atoms. The molecule has 1 saturated heterocycles. The van der Waals surface area contributed by atoms with Gasteiger partial charge in [0.2, 0.25) is 0 Å². The van der Waals surface area contributed by atoms with E-state index in [9.17, 15) is 9.59 Å². The van der Waals surface area contributed by atoms with Crippen LogP contribution in [0.25, 0.3) is 0 Å². The molecule has 5 nitrogen and oxygen atoms in total. The number of amides is 1. The summed E-state index contributed by atoms with van der Waals surface area (Å²) in [6.45, 7) is 7.24. The third-order valence-electron chi connectivity index (χ3n) is 2.33. The minimum absolute atomic E-state index is 0.106. The van der Waals surface area contributed by atoms with E-state index < -0.39 is 23.7 Å². The van der Waals surface area contributed by atoms with Gasteiger partial charge in [-0.15, -0.1) is 11.8 Å². The van der Waals surface area contributed by atoms with E-state index in [0.29, 0.717) is 12.2 Å². The van der Waals surface area contributed by atoms with Crippen LogP contribution in [0.1, 0.15) is 34.1 Å². The van der Waals surface area contributed by atoms with Gasteiger partial charge in [0, 0.05) is 5.75 Å². The number of carboxylic acids is 1. The molecule has 0 bridgehead atoms. The second kappa shape index (κ2) is 5.16. The van der Waals surface area contributed by atoms with Crippen LogP contribution in [0.5, 0.6) is 0 Å². The first-order valence-electron chi connectivity index (χ1n) is 5.62. The molecule has 0 aromatic rings. The van der Waals surface area contributed by atoms with Crippen molar-refractivity contribution in [3.63, 3.8) is 0 Å². The van der Waals surface area contributed by atoms with Crippen molar-refractivity contribution in [3.8, 4) is 0 Å². The molecular weight excluding hydrogens is 242 g/mol. The van der Waals surface area contributed by atoms with E-state index in [1.807, 2.05) is 6.92 Å². The lowest BCUT2D eigenvalue weighted by atomic mass is 10.2. The molecular formula is C11H19NO4S. The van der Waals surface area contributed by atoms with Gasteiger partial charge in [0.05, 0.1) is 5.37 Å². The number of ether oxygens (including phenoxy) is 1. The summed E-state index contributed by atoms with van der Waals surface area (Å²) >= 11 is 1.49. The number of carbonyl (C=O) groups excluding carboxylic acids is 1. The predicted molar refractivity (Wildman–Crippen MR) is 66.0 cm³/mol. The van der Waals surface area contributed by atoms with Gasteiger partial charge in [-0.05, 0) is 27.2 Å². The summed E-state index contributed by atoms with van der Waals surface area (Å²) in [5.41, 5.74) is -0.605. The van der Waals surface area contributed by atoms with Crippen LogP contribution in [0.15, 0.2) is 0 Å². The Morgan fingerprint density at radius 1 is 1.47 bits per heavy atom. The van der Waals surface area contributed by atoms with Gasteiger partial charge >= 0.3 is 12.1 Å². The lowest BCUT2D eigenvalue weighted by Gasteiger charge is -2.29. The van der Waals surface area contributed by atoms with Gasteiger partial charge in [-0.1, -0.05) is 6.92 Å². The second-order valence-electron chi connectivity index (χ2n) is 4.94. The van der Waals surface area contributed by atoms with E-state index in [0.717, 1.165) is 0 Å². The molecule has 1 fully saturated rings. The summed E-state index contributed by atoms with van der Waals surface area (Å²) in [7, 11) is 0. The van der Waals surface area contributed by atoms with E-state index >= 15 is 0 Å². The molecule has 1 rings (SSSR count). The van der Waals surface area contributed by atoms with E-state index in [1.165, 1.54) is 16.7 Å². The van der Waals surface area contributed by atoms with Crippen LogP contribution in [0.3, 0.4) is 0 Å². The Balaban J connectivity index is 2.82. The number of rotatable bonds is 2. The van der Waals surface area contributed by atoms with Gasteiger partial charge in [0.25, 0.3) is 0 Å². The lowest BCUT2D eigenvalue weighted by molar-refractivity contribution is -0.142. The number of thioether (sulfide) groups is 1. The van der Waals surface area contributed by atoms with Crippen molar-refractivity contribution in [2.45, 2.75) is 51.1 Å². The van der Waals surface area contributed by atoms with Gasteiger partial charge in [0.1, 0.15) is 11.6 Å². The highest BCUT2D eigenvalue weighted by Crippen LogP contribution is 2.32. The number of carbonyl (C=O) groups is 2. The van der Waals surface area contributed by atoms with Crippen molar-refractivity contribution in [2.24, 2.45) is 0 Å². The van der Waals surface area contributed by atoms with Crippen molar-refractivity contribution < 1.29 is 19.4 Å². The first-order chi connectivity index (χ1) is 7.76. The Labute approximate surface area is 105 Å². The molecule has 0 aromatic heterocycles. The lowest BCUT2D eigenvalue weighted by Crippen LogP contribution is -2.47. The zero-order valence-corrected chi connectivity index (χ0v) is 11.4. The topological polar surface area (TPSA) is 66.8 Å². The summed E-state index contributed by atoms with van der Waals surface area (Å²) in [4.78, 5) is 24.4. The van der Waals surface area contributed by atoms with E-state index in [-0.39, 0.29) is 5.37 Å². The van der Waals surface area contributed by atoms with Gasteiger partial charge in [-0.25, -0.2) is 9.59 Å². The Bertz CT molecular complexity index is 313. The second-order valence-corrected chi connectivity index (χ2v) is 6.15. The third-order valence-corrected chi connectivity index (χ3v) is 3.78. The third kappa shape index (κ3) is 3.52. The maximum atomic E-state index is 12.0. The van der Waals surface area contributed by atoms with Crippen molar-refractivity contribution in [3.05, 3.63) is 0 Å². The summed E-state index contributed by atoms with van der Waals surface area (Å²) in [6, 6.07) is -0.778. The fourth-order valence-electron chi connectivity index (χ4n) is 1.63. The number of aliphatic carboxylic acids is 1. The smallest absolute Gasteiger partial charge is 0.411 e. The quantitative estimate of drug-likeness (QED) is 0.825. The highest BCUT2D eigenvalue weighted by molar-refractivity contribution is 8.00. The minimum Gasteiger partial charge on any atom is -0.480 e. The van der Waals surface area contributed by atoms with Crippen LogP contribution in [0, 0.1) is 0 Å².